The molecule has 0 aliphatic carbocycles. The molecule has 0 fully saturated rings. The largest absolute Gasteiger partial charge is 0.353 e. The minimum atomic E-state index is -0.490. The van der Waals surface area contributed by atoms with Gasteiger partial charge in [-0.3, -0.25) is 0 Å². The third-order valence-corrected chi connectivity index (χ3v) is 13.3. The number of allylic oxidation sites excluding steroid dienone is 2. The number of hydrogen-bond donors (Lipinski definition) is 0. The zero-order chi connectivity index (χ0) is 50.0. The molecule has 0 spiro atoms. The molecule has 0 heterocycles. The topological polar surface area (TPSA) is 64.6 Å². The lowest BCUT2D eigenvalue weighted by Crippen LogP contribution is -2.25. The van der Waals surface area contributed by atoms with Crippen LogP contribution < -0.4 is 0 Å². The first-order valence-electron chi connectivity index (χ1n) is 30.8. The van der Waals surface area contributed by atoms with Crippen LogP contribution in [0.5, 0.6) is 0 Å². The molecular formula is C62H122O7. The summed E-state index contributed by atoms with van der Waals surface area (Å²) in [5, 5.41) is 0. The van der Waals surface area contributed by atoms with Crippen LogP contribution in [0, 0.1) is 0 Å². The second-order valence-electron chi connectivity index (χ2n) is 20.3. The molecule has 0 saturated carbocycles. The highest BCUT2D eigenvalue weighted by molar-refractivity contribution is 4.90. The Kier molecular flexibility index (Phi) is 59.1. The number of hydrogen-bond acceptors (Lipinski definition) is 7. The van der Waals surface area contributed by atoms with Gasteiger partial charge in [-0.05, 0) is 63.5 Å². The fraction of sp³-hybridized carbons (Fsp3) is 0.935. The van der Waals surface area contributed by atoms with Gasteiger partial charge in [0, 0.05) is 39.3 Å². The molecule has 412 valence electrons. The van der Waals surface area contributed by atoms with Crippen LogP contribution in [0.3, 0.4) is 0 Å². The van der Waals surface area contributed by atoms with Crippen molar-refractivity contribution in [3.8, 4) is 0 Å². The van der Waals surface area contributed by atoms with E-state index in [-0.39, 0.29) is 12.6 Å². The summed E-state index contributed by atoms with van der Waals surface area (Å²) in [6, 6.07) is 0. The third-order valence-electron chi connectivity index (χ3n) is 13.3. The van der Waals surface area contributed by atoms with Crippen molar-refractivity contribution < 1.29 is 33.2 Å². The van der Waals surface area contributed by atoms with Crippen molar-refractivity contribution in [2.75, 3.05) is 39.6 Å². The van der Waals surface area contributed by atoms with Crippen LogP contribution in [0.4, 0.5) is 0 Å². The van der Waals surface area contributed by atoms with Crippen LogP contribution in [0.2, 0.25) is 0 Å². The van der Waals surface area contributed by atoms with E-state index in [1.165, 1.54) is 180 Å². The summed E-state index contributed by atoms with van der Waals surface area (Å²) in [6.07, 6.45) is 58.8. The Hall–Kier alpha value is -0.800. The summed E-state index contributed by atoms with van der Waals surface area (Å²) in [5.41, 5.74) is 0. The van der Waals surface area contributed by atoms with Gasteiger partial charge in [-0.2, -0.15) is 0 Å². The van der Waals surface area contributed by atoms with Gasteiger partial charge >= 0.3 is 0 Å². The molecule has 2 unspecified atom stereocenters. The Morgan fingerprint density at radius 1 is 0.246 bits per heavy atom. The van der Waals surface area contributed by atoms with Crippen molar-refractivity contribution in [3.05, 3.63) is 24.3 Å². The standard InChI is InChI=1S/C62H122O7/c1-7-13-19-23-27-31-35-45-55-63-59(64-56-46-36-32-28-24-20-14-8-2)49-39-41-51-61(67-53-43-17-11-5)69-62(68-54-44-18-12-6)52-42-40-50-60(65-57-47-37-33-29-25-21-15-9-3)66-58-48-38-34-30-26-22-16-10-4/h41-42,51-52,59-62H,7-40,43-50,53-58H2,1-6H3. The van der Waals surface area contributed by atoms with Crippen molar-refractivity contribution >= 4 is 0 Å². The maximum absolute atomic E-state index is 6.61. The van der Waals surface area contributed by atoms with Gasteiger partial charge in [-0.25, -0.2) is 0 Å². The van der Waals surface area contributed by atoms with Crippen molar-refractivity contribution in [2.45, 2.75) is 336 Å². The van der Waals surface area contributed by atoms with E-state index in [9.17, 15) is 0 Å². The Morgan fingerprint density at radius 2 is 0.449 bits per heavy atom. The van der Waals surface area contributed by atoms with Crippen molar-refractivity contribution in [1.29, 1.82) is 0 Å². The quantitative estimate of drug-likeness (QED) is 0.0342. The molecule has 7 nitrogen and oxygen atoms in total. The van der Waals surface area contributed by atoms with Gasteiger partial charge in [0.25, 0.3) is 0 Å². The first-order valence-corrected chi connectivity index (χ1v) is 30.8. The predicted octanol–water partition coefficient (Wildman–Crippen LogP) is 20.0. The molecule has 69 heavy (non-hydrogen) atoms. The Labute approximate surface area is 431 Å². The number of unbranched alkanes of at least 4 members (excludes halogenated alkanes) is 32. The van der Waals surface area contributed by atoms with E-state index < -0.39 is 12.6 Å². The van der Waals surface area contributed by atoms with Gasteiger partial charge in [-0.15, -0.1) is 0 Å². The molecule has 0 aliphatic rings. The first-order chi connectivity index (χ1) is 34.1. The fourth-order valence-electron chi connectivity index (χ4n) is 8.63. The second-order valence-corrected chi connectivity index (χ2v) is 20.3. The van der Waals surface area contributed by atoms with Crippen molar-refractivity contribution in [3.63, 3.8) is 0 Å². The lowest BCUT2D eigenvalue weighted by molar-refractivity contribution is -0.208. The van der Waals surface area contributed by atoms with E-state index in [1.54, 1.807) is 0 Å². The maximum Gasteiger partial charge on any atom is 0.180 e. The molecular weight excluding hydrogens is 857 g/mol. The normalized spacial score (nSPS) is 13.1. The highest BCUT2D eigenvalue weighted by Gasteiger charge is 2.16. The monoisotopic (exact) mass is 979 g/mol. The van der Waals surface area contributed by atoms with Crippen LogP contribution in [0.25, 0.3) is 0 Å². The smallest absolute Gasteiger partial charge is 0.180 e. The summed E-state index contributed by atoms with van der Waals surface area (Å²) in [7, 11) is 0. The molecule has 0 saturated heterocycles. The van der Waals surface area contributed by atoms with E-state index in [1.807, 2.05) is 0 Å². The Balaban J connectivity index is 5.53. The molecule has 0 amide bonds. The highest BCUT2D eigenvalue weighted by atomic mass is 16.8. The lowest BCUT2D eigenvalue weighted by Gasteiger charge is -2.22. The molecule has 0 rings (SSSR count). The van der Waals surface area contributed by atoms with Gasteiger partial charge in [0.1, 0.15) is 0 Å². The fourth-order valence-corrected chi connectivity index (χ4v) is 8.63. The zero-order valence-electron chi connectivity index (χ0n) is 47.4. The lowest BCUT2D eigenvalue weighted by atomic mass is 10.1. The molecule has 0 aromatic carbocycles. The predicted molar refractivity (Wildman–Crippen MR) is 298 cm³/mol. The number of rotatable bonds is 60. The zero-order valence-corrected chi connectivity index (χ0v) is 47.4. The summed E-state index contributed by atoms with van der Waals surface area (Å²) >= 11 is 0. The van der Waals surface area contributed by atoms with Gasteiger partial charge in [0.15, 0.2) is 25.2 Å². The van der Waals surface area contributed by atoms with Crippen LogP contribution in [-0.2, 0) is 33.2 Å². The van der Waals surface area contributed by atoms with E-state index >= 15 is 0 Å². The van der Waals surface area contributed by atoms with Crippen molar-refractivity contribution in [2.24, 2.45) is 0 Å². The molecule has 2 atom stereocenters. The van der Waals surface area contributed by atoms with Crippen LogP contribution >= 0.6 is 0 Å². The van der Waals surface area contributed by atoms with E-state index in [0.29, 0.717) is 13.2 Å². The summed E-state index contributed by atoms with van der Waals surface area (Å²) in [5.74, 6) is 0. The third kappa shape index (κ3) is 53.3. The molecule has 0 aromatic rings. The van der Waals surface area contributed by atoms with Gasteiger partial charge in [-0.1, -0.05) is 259 Å². The average Bonchev–Trinajstić information content (AvgIpc) is 3.36. The first kappa shape index (κ1) is 68.2. The average molecular weight is 980 g/mol. The summed E-state index contributed by atoms with van der Waals surface area (Å²) in [4.78, 5) is 0. The molecule has 0 radical (unpaired) electrons. The highest BCUT2D eigenvalue weighted by Crippen LogP contribution is 2.17. The van der Waals surface area contributed by atoms with Crippen LogP contribution in [-0.4, -0.2) is 64.8 Å². The SMILES string of the molecule is CCCCCCCCCCOC(CCC=CC(OCCCCC)OC(C=CCCC(OCCCCCCCCCC)OCCCCCCCCCC)OCCCCC)OCCCCCCCCCC. The van der Waals surface area contributed by atoms with Gasteiger partial charge in [0.05, 0.1) is 13.2 Å². The summed E-state index contributed by atoms with van der Waals surface area (Å²) in [6.45, 7) is 18.0. The molecule has 0 bridgehead atoms. The summed E-state index contributed by atoms with van der Waals surface area (Å²) < 4.78 is 45.0. The van der Waals surface area contributed by atoms with E-state index in [0.717, 1.165) is 116 Å². The van der Waals surface area contributed by atoms with Gasteiger partial charge < -0.3 is 33.2 Å². The minimum Gasteiger partial charge on any atom is -0.353 e. The van der Waals surface area contributed by atoms with Gasteiger partial charge in [0.2, 0.25) is 0 Å². The Morgan fingerprint density at radius 3 is 0.710 bits per heavy atom. The molecule has 0 aromatic heterocycles. The molecule has 7 heteroatoms. The molecule has 0 N–H and O–H groups in total. The van der Waals surface area contributed by atoms with E-state index in [4.69, 9.17) is 33.2 Å². The maximum atomic E-state index is 6.61. The Bertz CT molecular complexity index is 870. The van der Waals surface area contributed by atoms with Crippen LogP contribution in [0.15, 0.2) is 24.3 Å². The molecule has 0 aliphatic heterocycles. The number of ether oxygens (including phenoxy) is 7. The van der Waals surface area contributed by atoms with E-state index in [2.05, 4.69) is 65.8 Å². The minimum absolute atomic E-state index is 0.177. The van der Waals surface area contributed by atoms with Crippen LogP contribution in [0.1, 0.15) is 311 Å². The van der Waals surface area contributed by atoms with Crippen molar-refractivity contribution in [1.82, 2.24) is 0 Å². The second kappa shape index (κ2) is 59.8.